The number of hydrogen-bond donors (Lipinski definition) is 2. The molecule has 1 aromatic rings. The quantitative estimate of drug-likeness (QED) is 0.894. The normalized spacial score (nSPS) is 21.4. The molecule has 1 unspecified atom stereocenters. The average molecular weight is 327 g/mol. The van der Waals surface area contributed by atoms with E-state index in [1.165, 1.54) is 0 Å². The number of ether oxygens (including phenoxy) is 2. The van der Waals surface area contributed by atoms with E-state index in [2.05, 4.69) is 10.6 Å². The smallest absolute Gasteiger partial charge is 0.237 e. The van der Waals surface area contributed by atoms with Gasteiger partial charge in [-0.2, -0.15) is 0 Å². The average Bonchev–Trinajstić information content (AvgIpc) is 2.55. The van der Waals surface area contributed by atoms with Crippen molar-refractivity contribution in [1.82, 2.24) is 10.6 Å². The molecule has 0 saturated carbocycles. The van der Waals surface area contributed by atoms with Crippen molar-refractivity contribution in [1.29, 1.82) is 0 Å². The first kappa shape index (κ1) is 16.9. The van der Waals surface area contributed by atoms with Gasteiger partial charge in [-0.3, -0.25) is 4.79 Å². The second-order valence-electron chi connectivity index (χ2n) is 5.64. The molecule has 6 heteroatoms. The molecule has 5 nitrogen and oxygen atoms in total. The molecule has 2 heterocycles. The number of carbonyl (C=O) groups is 1. The minimum atomic E-state index is -0.0570. The van der Waals surface area contributed by atoms with Crippen molar-refractivity contribution in [3.63, 3.8) is 0 Å². The molecule has 1 fully saturated rings. The van der Waals surface area contributed by atoms with Crippen molar-refractivity contribution in [2.24, 2.45) is 0 Å². The van der Waals surface area contributed by atoms with E-state index in [9.17, 15) is 4.79 Å². The van der Waals surface area contributed by atoms with Gasteiger partial charge in [-0.15, -0.1) is 12.4 Å². The minimum absolute atomic E-state index is 0. The summed E-state index contributed by atoms with van der Waals surface area (Å²) in [6, 6.07) is 5.74. The number of rotatable bonds is 3. The molecule has 1 amide bonds. The zero-order chi connectivity index (χ0) is 14.7. The Morgan fingerprint density at radius 2 is 2.05 bits per heavy atom. The molecular weight excluding hydrogens is 304 g/mol. The molecule has 122 valence electrons. The second kappa shape index (κ2) is 7.70. The fraction of sp³-hybridized carbons (Fsp3) is 0.562. The van der Waals surface area contributed by atoms with Crippen LogP contribution in [0.4, 0.5) is 0 Å². The highest BCUT2D eigenvalue weighted by atomic mass is 35.5. The largest absolute Gasteiger partial charge is 0.486 e. The van der Waals surface area contributed by atoms with Crippen LogP contribution in [0.2, 0.25) is 0 Å². The lowest BCUT2D eigenvalue weighted by atomic mass is 10.0. The van der Waals surface area contributed by atoms with E-state index in [1.54, 1.807) is 0 Å². The predicted octanol–water partition coefficient (Wildman–Crippen LogP) is 2.20. The standard InChI is InChI=1S/C16H22N2O3.ClH/c1-11(18-16(19)13-4-2-3-7-17-13)12-5-6-14-15(10-12)21-9-8-20-14;/h5-6,10-11,13,17H,2-4,7-9H2,1H3,(H,18,19);1H/t11?,13-;/m0./s1. The number of hydrogen-bond acceptors (Lipinski definition) is 4. The first-order chi connectivity index (χ1) is 10.2. The first-order valence-corrected chi connectivity index (χ1v) is 7.67. The number of amides is 1. The third kappa shape index (κ3) is 3.84. The highest BCUT2D eigenvalue weighted by Crippen LogP contribution is 2.32. The zero-order valence-electron chi connectivity index (χ0n) is 12.8. The van der Waals surface area contributed by atoms with Crippen molar-refractivity contribution in [2.75, 3.05) is 19.8 Å². The van der Waals surface area contributed by atoms with Crippen LogP contribution >= 0.6 is 12.4 Å². The Balaban J connectivity index is 0.00000176. The van der Waals surface area contributed by atoms with Crippen LogP contribution in [0.25, 0.3) is 0 Å². The molecule has 0 radical (unpaired) electrons. The van der Waals surface area contributed by atoms with E-state index >= 15 is 0 Å². The van der Waals surface area contributed by atoms with Crippen LogP contribution in [-0.2, 0) is 4.79 Å². The molecule has 0 spiro atoms. The van der Waals surface area contributed by atoms with Crippen molar-refractivity contribution in [3.05, 3.63) is 23.8 Å². The van der Waals surface area contributed by atoms with E-state index in [4.69, 9.17) is 9.47 Å². The number of benzene rings is 1. The van der Waals surface area contributed by atoms with Crippen LogP contribution in [0.5, 0.6) is 11.5 Å². The van der Waals surface area contributed by atoms with E-state index < -0.39 is 0 Å². The van der Waals surface area contributed by atoms with Gasteiger partial charge in [-0.05, 0) is 44.0 Å². The lowest BCUT2D eigenvalue weighted by Gasteiger charge is -2.25. The Morgan fingerprint density at radius 3 is 2.77 bits per heavy atom. The SMILES string of the molecule is CC(NC(=O)[C@@H]1CCCCN1)c1ccc2c(c1)OCCO2.Cl. The Bertz CT molecular complexity index is 518. The minimum Gasteiger partial charge on any atom is -0.486 e. The van der Waals surface area contributed by atoms with Crippen LogP contribution in [0.1, 0.15) is 37.8 Å². The van der Waals surface area contributed by atoms with Crippen LogP contribution < -0.4 is 20.1 Å². The van der Waals surface area contributed by atoms with E-state index in [-0.39, 0.29) is 30.4 Å². The summed E-state index contributed by atoms with van der Waals surface area (Å²) in [5.74, 6) is 1.62. The van der Waals surface area contributed by atoms with Crippen LogP contribution in [0.3, 0.4) is 0 Å². The molecule has 2 atom stereocenters. The molecule has 22 heavy (non-hydrogen) atoms. The molecule has 2 aliphatic heterocycles. The zero-order valence-corrected chi connectivity index (χ0v) is 13.6. The summed E-state index contributed by atoms with van der Waals surface area (Å²) in [5.41, 5.74) is 1.03. The van der Waals surface area contributed by atoms with Gasteiger partial charge >= 0.3 is 0 Å². The van der Waals surface area contributed by atoms with Crippen molar-refractivity contribution in [2.45, 2.75) is 38.3 Å². The van der Waals surface area contributed by atoms with E-state index in [0.717, 1.165) is 42.9 Å². The number of halogens is 1. The van der Waals surface area contributed by atoms with E-state index in [1.807, 2.05) is 25.1 Å². The second-order valence-corrected chi connectivity index (χ2v) is 5.64. The maximum Gasteiger partial charge on any atom is 0.237 e. The molecule has 0 bridgehead atoms. The predicted molar refractivity (Wildman–Crippen MR) is 86.9 cm³/mol. The molecular formula is C16H23ClN2O3. The third-order valence-electron chi connectivity index (χ3n) is 4.05. The molecule has 0 aromatic heterocycles. The topological polar surface area (TPSA) is 59.6 Å². The lowest BCUT2D eigenvalue weighted by molar-refractivity contribution is -0.124. The fourth-order valence-electron chi connectivity index (χ4n) is 2.80. The van der Waals surface area contributed by atoms with Gasteiger partial charge in [0.15, 0.2) is 11.5 Å². The Kier molecular flexibility index (Phi) is 5.91. The number of nitrogens with one attached hydrogen (secondary N) is 2. The maximum atomic E-state index is 12.2. The van der Waals surface area contributed by atoms with Crippen molar-refractivity contribution >= 4 is 18.3 Å². The van der Waals surface area contributed by atoms with Gasteiger partial charge < -0.3 is 20.1 Å². The molecule has 2 aliphatic rings. The summed E-state index contributed by atoms with van der Waals surface area (Å²) in [6.45, 7) is 4.08. The number of piperidine rings is 1. The fourth-order valence-corrected chi connectivity index (χ4v) is 2.80. The molecule has 1 aromatic carbocycles. The summed E-state index contributed by atoms with van der Waals surface area (Å²) in [7, 11) is 0. The summed E-state index contributed by atoms with van der Waals surface area (Å²) < 4.78 is 11.1. The van der Waals surface area contributed by atoms with Gasteiger partial charge in [0.05, 0.1) is 12.1 Å². The highest BCUT2D eigenvalue weighted by Gasteiger charge is 2.22. The van der Waals surface area contributed by atoms with Crippen molar-refractivity contribution < 1.29 is 14.3 Å². The molecule has 0 aliphatic carbocycles. The van der Waals surface area contributed by atoms with Gasteiger partial charge in [-0.25, -0.2) is 0 Å². The van der Waals surface area contributed by atoms with Gasteiger partial charge in [0.1, 0.15) is 13.2 Å². The van der Waals surface area contributed by atoms with Gasteiger partial charge in [-0.1, -0.05) is 12.5 Å². The Labute approximate surface area is 137 Å². The Hall–Kier alpha value is -1.46. The first-order valence-electron chi connectivity index (χ1n) is 7.67. The van der Waals surface area contributed by atoms with Crippen molar-refractivity contribution in [3.8, 4) is 11.5 Å². The molecule has 3 rings (SSSR count). The summed E-state index contributed by atoms with van der Waals surface area (Å²) in [6.07, 6.45) is 3.19. The lowest BCUT2D eigenvalue weighted by Crippen LogP contribution is -2.47. The van der Waals surface area contributed by atoms with Crippen LogP contribution in [-0.4, -0.2) is 31.7 Å². The van der Waals surface area contributed by atoms with Gasteiger partial charge in [0.2, 0.25) is 5.91 Å². The monoisotopic (exact) mass is 326 g/mol. The highest BCUT2D eigenvalue weighted by molar-refractivity contribution is 5.85. The van der Waals surface area contributed by atoms with E-state index in [0.29, 0.717) is 13.2 Å². The summed E-state index contributed by atoms with van der Waals surface area (Å²) in [4.78, 5) is 12.2. The van der Waals surface area contributed by atoms with Gasteiger partial charge in [0.25, 0.3) is 0 Å². The third-order valence-corrected chi connectivity index (χ3v) is 4.05. The summed E-state index contributed by atoms with van der Waals surface area (Å²) in [5, 5.41) is 6.34. The van der Waals surface area contributed by atoms with Crippen LogP contribution in [0.15, 0.2) is 18.2 Å². The maximum absolute atomic E-state index is 12.2. The number of fused-ring (bicyclic) bond motifs is 1. The Morgan fingerprint density at radius 1 is 1.27 bits per heavy atom. The van der Waals surface area contributed by atoms with Gasteiger partial charge in [0, 0.05) is 0 Å². The molecule has 1 saturated heterocycles. The number of carbonyl (C=O) groups excluding carboxylic acids is 1. The summed E-state index contributed by atoms with van der Waals surface area (Å²) >= 11 is 0. The van der Waals surface area contributed by atoms with Crippen LogP contribution in [0, 0.1) is 0 Å². The molecule has 2 N–H and O–H groups in total.